The number of anilines is 1. The molecule has 1 unspecified atom stereocenters. The highest BCUT2D eigenvalue weighted by Crippen LogP contribution is 2.38. The highest BCUT2D eigenvalue weighted by molar-refractivity contribution is 7.21. The molecule has 2 aromatic rings. The lowest BCUT2D eigenvalue weighted by atomic mass is 10.1. The molecule has 1 amide bonds. The van der Waals surface area contributed by atoms with Crippen molar-refractivity contribution in [3.8, 4) is 0 Å². The van der Waals surface area contributed by atoms with Crippen LogP contribution in [-0.2, 0) is 0 Å². The molecular formula is C17H23ClN4OS. The molecule has 1 saturated heterocycles. The Balaban J connectivity index is 1.75. The zero-order chi connectivity index (χ0) is 17.4. The van der Waals surface area contributed by atoms with Crippen LogP contribution in [0.1, 0.15) is 40.2 Å². The number of nitrogens with one attached hydrogen (secondary N) is 1. The van der Waals surface area contributed by atoms with Crippen molar-refractivity contribution in [2.75, 3.05) is 25.9 Å². The van der Waals surface area contributed by atoms with Gasteiger partial charge >= 0.3 is 0 Å². The average Bonchev–Trinajstić information content (AvgIpc) is 3.09. The van der Waals surface area contributed by atoms with Crippen LogP contribution in [0, 0.1) is 13.8 Å². The monoisotopic (exact) mass is 366 g/mol. The van der Waals surface area contributed by atoms with Crippen LogP contribution in [0.4, 0.5) is 5.69 Å². The summed E-state index contributed by atoms with van der Waals surface area (Å²) in [4.78, 5) is 20.6. The zero-order valence-corrected chi connectivity index (χ0v) is 15.9. The minimum absolute atomic E-state index is 0.121. The first-order valence-electron chi connectivity index (χ1n) is 8.23. The topological polar surface area (TPSA) is 71.2 Å². The van der Waals surface area contributed by atoms with E-state index in [9.17, 15) is 4.79 Å². The van der Waals surface area contributed by atoms with Gasteiger partial charge in [-0.1, -0.05) is 11.6 Å². The number of rotatable bonds is 4. The molecule has 0 radical (unpaired) electrons. The number of nitrogen functional groups attached to an aromatic ring is 1. The summed E-state index contributed by atoms with van der Waals surface area (Å²) in [5, 5.41) is 4.42. The number of hydrogen-bond acceptors (Lipinski definition) is 5. The van der Waals surface area contributed by atoms with Crippen LogP contribution in [0.25, 0.3) is 10.2 Å². The molecule has 1 aliphatic heterocycles. The molecule has 5 nitrogen and oxygen atoms in total. The number of carbonyl (C=O) groups is 1. The number of nitrogens with zero attached hydrogens (tertiary/aromatic N) is 2. The van der Waals surface area contributed by atoms with Crippen LogP contribution in [0.15, 0.2) is 0 Å². The Morgan fingerprint density at radius 3 is 2.92 bits per heavy atom. The highest BCUT2D eigenvalue weighted by Gasteiger charge is 2.23. The number of carbonyl (C=O) groups excluding carboxylic acids is 1. The largest absolute Gasteiger partial charge is 0.397 e. The maximum atomic E-state index is 12.5. The number of nitrogens with two attached hydrogens (primary N) is 1. The van der Waals surface area contributed by atoms with Gasteiger partial charge in [-0.15, -0.1) is 11.3 Å². The predicted octanol–water partition coefficient (Wildman–Crippen LogP) is 3.36. The lowest BCUT2D eigenvalue weighted by Gasteiger charge is -2.19. The third kappa shape index (κ3) is 3.10. The van der Waals surface area contributed by atoms with E-state index in [1.165, 1.54) is 24.2 Å². The van der Waals surface area contributed by atoms with E-state index in [0.717, 1.165) is 34.4 Å². The van der Waals surface area contributed by atoms with Crippen LogP contribution in [0.3, 0.4) is 0 Å². The quantitative estimate of drug-likeness (QED) is 0.870. The molecule has 0 bridgehead atoms. The van der Waals surface area contributed by atoms with Crippen molar-refractivity contribution in [3.63, 3.8) is 0 Å². The minimum Gasteiger partial charge on any atom is -0.397 e. The van der Waals surface area contributed by atoms with Crippen LogP contribution < -0.4 is 11.1 Å². The Kier molecular flexibility index (Phi) is 4.99. The molecule has 7 heteroatoms. The maximum Gasteiger partial charge on any atom is 0.263 e. The number of hydrogen-bond donors (Lipinski definition) is 2. The fraction of sp³-hybridized carbons (Fsp3) is 0.529. The summed E-state index contributed by atoms with van der Waals surface area (Å²) in [5.41, 5.74) is 8.35. The normalized spacial score (nSPS) is 18.4. The molecule has 130 valence electrons. The summed E-state index contributed by atoms with van der Waals surface area (Å²) in [5.74, 6) is -0.121. The maximum absolute atomic E-state index is 12.5. The van der Waals surface area contributed by atoms with Gasteiger partial charge < -0.3 is 16.0 Å². The number of aromatic nitrogens is 1. The molecule has 1 fully saturated rings. The van der Waals surface area contributed by atoms with Gasteiger partial charge in [-0.05, 0) is 52.3 Å². The van der Waals surface area contributed by atoms with Gasteiger partial charge in [0.2, 0.25) is 0 Å². The molecule has 2 aromatic heterocycles. The third-order valence-corrected chi connectivity index (χ3v) is 6.51. The van der Waals surface area contributed by atoms with Gasteiger partial charge in [0.15, 0.2) is 0 Å². The number of aryl methyl sites for hydroxylation is 2. The van der Waals surface area contributed by atoms with Gasteiger partial charge in [-0.2, -0.15) is 0 Å². The molecule has 0 aromatic carbocycles. The van der Waals surface area contributed by atoms with E-state index in [1.54, 1.807) is 0 Å². The summed E-state index contributed by atoms with van der Waals surface area (Å²) < 4.78 is 0. The fourth-order valence-electron chi connectivity index (χ4n) is 3.40. The lowest BCUT2D eigenvalue weighted by Crippen LogP contribution is -2.31. The number of pyridine rings is 1. The third-order valence-electron chi connectivity index (χ3n) is 4.86. The van der Waals surface area contributed by atoms with Crippen molar-refractivity contribution in [1.82, 2.24) is 15.2 Å². The summed E-state index contributed by atoms with van der Waals surface area (Å²) in [6, 6.07) is 0.565. The molecule has 1 atom stereocenters. The molecule has 3 rings (SSSR count). The van der Waals surface area contributed by atoms with Crippen molar-refractivity contribution in [3.05, 3.63) is 21.2 Å². The number of thiophene rings is 1. The van der Waals surface area contributed by atoms with Gasteiger partial charge in [-0.3, -0.25) is 4.79 Å². The molecule has 24 heavy (non-hydrogen) atoms. The predicted molar refractivity (Wildman–Crippen MR) is 101 cm³/mol. The van der Waals surface area contributed by atoms with Crippen LogP contribution in [0.5, 0.6) is 0 Å². The van der Waals surface area contributed by atoms with E-state index in [-0.39, 0.29) is 5.91 Å². The van der Waals surface area contributed by atoms with Crippen LogP contribution in [-0.4, -0.2) is 42.0 Å². The highest BCUT2D eigenvalue weighted by atomic mass is 35.5. The Morgan fingerprint density at radius 1 is 1.50 bits per heavy atom. The summed E-state index contributed by atoms with van der Waals surface area (Å²) in [6.45, 7) is 5.59. The summed E-state index contributed by atoms with van der Waals surface area (Å²) in [6.07, 6.45) is 3.41. The van der Waals surface area contributed by atoms with Gasteiger partial charge in [0.1, 0.15) is 9.71 Å². The first kappa shape index (κ1) is 17.5. The van der Waals surface area contributed by atoms with Gasteiger partial charge in [0.05, 0.1) is 16.4 Å². The average molecular weight is 367 g/mol. The second kappa shape index (κ2) is 6.86. The van der Waals surface area contributed by atoms with Crippen molar-refractivity contribution < 1.29 is 4.79 Å². The van der Waals surface area contributed by atoms with Crippen LogP contribution in [0.2, 0.25) is 5.02 Å². The van der Waals surface area contributed by atoms with Gasteiger partial charge in [-0.25, -0.2) is 4.98 Å². The number of amides is 1. The van der Waals surface area contributed by atoms with E-state index in [2.05, 4.69) is 22.2 Å². The van der Waals surface area contributed by atoms with Gasteiger partial charge in [0.25, 0.3) is 5.91 Å². The molecule has 0 aliphatic carbocycles. The van der Waals surface area contributed by atoms with Crippen molar-refractivity contribution in [2.24, 2.45) is 0 Å². The molecule has 3 N–H and O–H groups in total. The number of likely N-dealkylation sites (tertiary alicyclic amines) is 1. The van der Waals surface area contributed by atoms with Crippen LogP contribution >= 0.6 is 22.9 Å². The lowest BCUT2D eigenvalue weighted by molar-refractivity contribution is 0.0955. The summed E-state index contributed by atoms with van der Waals surface area (Å²) in [7, 11) is 2.14. The Morgan fingerprint density at radius 2 is 2.25 bits per heavy atom. The first-order chi connectivity index (χ1) is 11.4. The summed E-state index contributed by atoms with van der Waals surface area (Å²) >= 11 is 7.60. The van der Waals surface area contributed by atoms with E-state index in [4.69, 9.17) is 17.3 Å². The molecule has 3 heterocycles. The second-order valence-electron chi connectivity index (χ2n) is 6.48. The van der Waals surface area contributed by atoms with Gasteiger partial charge in [0, 0.05) is 18.0 Å². The Bertz CT molecular complexity index is 789. The SMILES string of the molecule is Cc1nc2sc(C(=O)NCCC3CCCN3C)c(N)c2c(C)c1Cl. The van der Waals surface area contributed by atoms with Crippen molar-refractivity contribution >= 4 is 44.7 Å². The number of fused-ring (bicyclic) bond motifs is 1. The minimum atomic E-state index is -0.121. The Labute approximate surface area is 151 Å². The van der Waals surface area contributed by atoms with E-state index in [1.807, 2.05) is 13.8 Å². The smallest absolute Gasteiger partial charge is 0.263 e. The van der Waals surface area contributed by atoms with E-state index in [0.29, 0.717) is 28.2 Å². The standard InChI is InChI=1S/C17H23ClN4OS/c1-9-12-14(19)15(24-17(12)21-10(2)13(9)18)16(23)20-7-6-11-5-4-8-22(11)3/h11H,4-8,19H2,1-3H3,(H,20,23). The number of halogens is 1. The fourth-order valence-corrected chi connectivity index (χ4v) is 4.65. The van der Waals surface area contributed by atoms with E-state index < -0.39 is 0 Å². The zero-order valence-electron chi connectivity index (χ0n) is 14.3. The second-order valence-corrected chi connectivity index (χ2v) is 7.86. The van der Waals surface area contributed by atoms with Crippen molar-refractivity contribution in [1.29, 1.82) is 0 Å². The molecule has 1 aliphatic rings. The molecule has 0 spiro atoms. The molecular weight excluding hydrogens is 344 g/mol. The first-order valence-corrected chi connectivity index (χ1v) is 9.42. The Hall–Kier alpha value is -1.37. The van der Waals surface area contributed by atoms with E-state index >= 15 is 0 Å². The van der Waals surface area contributed by atoms with Crippen molar-refractivity contribution in [2.45, 2.75) is 39.2 Å². The molecule has 0 saturated carbocycles.